The molecule has 3 nitrogen and oxygen atoms in total. The van der Waals surface area contributed by atoms with Gasteiger partial charge in [-0.3, -0.25) is 9.69 Å². The SMILES string of the molecule is Cc1cccc(C(=O)N2CCN(CCCl)CC2)c1. The number of hydrogen-bond acceptors (Lipinski definition) is 2. The smallest absolute Gasteiger partial charge is 0.253 e. The molecule has 1 aliphatic rings. The molecule has 98 valence electrons. The fourth-order valence-corrected chi connectivity index (χ4v) is 2.49. The number of nitrogens with zero attached hydrogens (tertiary/aromatic N) is 2. The number of carbonyl (C=O) groups excluding carboxylic acids is 1. The van der Waals surface area contributed by atoms with Gasteiger partial charge in [0.25, 0.3) is 5.91 Å². The van der Waals surface area contributed by atoms with Crippen LogP contribution in [0.2, 0.25) is 0 Å². The minimum atomic E-state index is 0.143. The van der Waals surface area contributed by atoms with Crippen molar-refractivity contribution in [3.8, 4) is 0 Å². The van der Waals surface area contributed by atoms with Crippen molar-refractivity contribution >= 4 is 17.5 Å². The first kappa shape index (κ1) is 13.4. The first-order chi connectivity index (χ1) is 8.70. The van der Waals surface area contributed by atoms with E-state index in [0.717, 1.165) is 43.9 Å². The minimum Gasteiger partial charge on any atom is -0.336 e. The summed E-state index contributed by atoms with van der Waals surface area (Å²) in [6.45, 7) is 6.35. The van der Waals surface area contributed by atoms with E-state index >= 15 is 0 Å². The van der Waals surface area contributed by atoms with Gasteiger partial charge in [-0.15, -0.1) is 11.6 Å². The molecular weight excluding hydrogens is 248 g/mol. The van der Waals surface area contributed by atoms with E-state index in [1.54, 1.807) is 0 Å². The number of rotatable bonds is 3. The highest BCUT2D eigenvalue weighted by Gasteiger charge is 2.21. The number of benzene rings is 1. The molecule has 1 saturated heterocycles. The maximum Gasteiger partial charge on any atom is 0.253 e. The van der Waals surface area contributed by atoms with Crippen molar-refractivity contribution < 1.29 is 4.79 Å². The van der Waals surface area contributed by atoms with Crippen molar-refractivity contribution in [2.75, 3.05) is 38.6 Å². The zero-order valence-electron chi connectivity index (χ0n) is 10.7. The van der Waals surface area contributed by atoms with E-state index in [0.29, 0.717) is 5.88 Å². The molecule has 0 atom stereocenters. The van der Waals surface area contributed by atoms with E-state index in [2.05, 4.69) is 4.90 Å². The molecule has 0 unspecified atom stereocenters. The summed E-state index contributed by atoms with van der Waals surface area (Å²) in [5, 5.41) is 0. The van der Waals surface area contributed by atoms with E-state index in [-0.39, 0.29) is 5.91 Å². The van der Waals surface area contributed by atoms with Crippen LogP contribution in [0.25, 0.3) is 0 Å². The van der Waals surface area contributed by atoms with Crippen molar-refractivity contribution in [1.29, 1.82) is 0 Å². The first-order valence-electron chi connectivity index (χ1n) is 6.35. The van der Waals surface area contributed by atoms with E-state index in [9.17, 15) is 4.79 Å². The quantitative estimate of drug-likeness (QED) is 0.782. The number of carbonyl (C=O) groups is 1. The van der Waals surface area contributed by atoms with Gasteiger partial charge in [0.05, 0.1) is 0 Å². The Bertz CT molecular complexity index is 414. The third-order valence-corrected chi connectivity index (χ3v) is 3.49. The molecule has 2 rings (SSSR count). The highest BCUT2D eigenvalue weighted by Crippen LogP contribution is 2.10. The van der Waals surface area contributed by atoms with Crippen molar-refractivity contribution in [2.24, 2.45) is 0 Å². The topological polar surface area (TPSA) is 23.6 Å². The Kier molecular flexibility index (Phi) is 4.61. The maximum atomic E-state index is 12.3. The molecule has 1 aromatic rings. The van der Waals surface area contributed by atoms with Crippen LogP contribution in [0.15, 0.2) is 24.3 Å². The van der Waals surface area contributed by atoms with Gasteiger partial charge >= 0.3 is 0 Å². The van der Waals surface area contributed by atoms with E-state index in [1.807, 2.05) is 36.1 Å². The third kappa shape index (κ3) is 3.24. The van der Waals surface area contributed by atoms with Gasteiger partial charge in [-0.05, 0) is 19.1 Å². The lowest BCUT2D eigenvalue weighted by atomic mass is 10.1. The molecule has 1 aliphatic heterocycles. The normalized spacial score (nSPS) is 16.9. The monoisotopic (exact) mass is 266 g/mol. The Morgan fingerprint density at radius 3 is 2.61 bits per heavy atom. The molecule has 1 fully saturated rings. The van der Waals surface area contributed by atoms with Crippen LogP contribution in [0.5, 0.6) is 0 Å². The minimum absolute atomic E-state index is 0.143. The number of hydrogen-bond donors (Lipinski definition) is 0. The summed E-state index contributed by atoms with van der Waals surface area (Å²) < 4.78 is 0. The molecule has 0 N–H and O–H groups in total. The fourth-order valence-electron chi connectivity index (χ4n) is 2.25. The van der Waals surface area contributed by atoms with E-state index in [1.165, 1.54) is 0 Å². The summed E-state index contributed by atoms with van der Waals surface area (Å²) in [7, 11) is 0. The van der Waals surface area contributed by atoms with Gasteiger partial charge < -0.3 is 4.90 Å². The molecule has 18 heavy (non-hydrogen) atoms. The molecule has 1 amide bonds. The lowest BCUT2D eigenvalue weighted by molar-refractivity contribution is 0.0644. The van der Waals surface area contributed by atoms with Crippen molar-refractivity contribution in [3.05, 3.63) is 35.4 Å². The number of amides is 1. The lowest BCUT2D eigenvalue weighted by Gasteiger charge is -2.34. The van der Waals surface area contributed by atoms with Crippen LogP contribution in [0, 0.1) is 6.92 Å². The first-order valence-corrected chi connectivity index (χ1v) is 6.88. The Balaban J connectivity index is 1.95. The van der Waals surface area contributed by atoms with Gasteiger partial charge in [0, 0.05) is 44.2 Å². The number of halogens is 1. The summed E-state index contributed by atoms with van der Waals surface area (Å²) >= 11 is 5.72. The Labute approximate surface area is 113 Å². The molecule has 0 saturated carbocycles. The number of alkyl halides is 1. The van der Waals surface area contributed by atoms with Crippen LogP contribution in [0.1, 0.15) is 15.9 Å². The summed E-state index contributed by atoms with van der Waals surface area (Å²) in [6.07, 6.45) is 0. The van der Waals surface area contributed by atoms with Crippen LogP contribution in [0.4, 0.5) is 0 Å². The number of piperazine rings is 1. The average molecular weight is 267 g/mol. The zero-order chi connectivity index (χ0) is 13.0. The standard InChI is InChI=1S/C14H19ClN2O/c1-12-3-2-4-13(11-12)14(18)17-9-7-16(6-5-15)8-10-17/h2-4,11H,5-10H2,1H3. The maximum absolute atomic E-state index is 12.3. The lowest BCUT2D eigenvalue weighted by Crippen LogP contribution is -2.49. The van der Waals surface area contributed by atoms with E-state index < -0.39 is 0 Å². The molecule has 0 spiro atoms. The van der Waals surface area contributed by atoms with Crippen LogP contribution < -0.4 is 0 Å². The molecule has 0 aliphatic carbocycles. The van der Waals surface area contributed by atoms with Crippen molar-refractivity contribution in [3.63, 3.8) is 0 Å². The van der Waals surface area contributed by atoms with Crippen molar-refractivity contribution in [1.82, 2.24) is 9.80 Å². The number of aryl methyl sites for hydroxylation is 1. The fraction of sp³-hybridized carbons (Fsp3) is 0.500. The predicted octanol–water partition coefficient (Wildman–Crippen LogP) is 1.99. The summed E-state index contributed by atoms with van der Waals surface area (Å²) in [5.74, 6) is 0.801. The second-order valence-electron chi connectivity index (χ2n) is 4.69. The summed E-state index contributed by atoms with van der Waals surface area (Å²) in [4.78, 5) is 16.5. The summed E-state index contributed by atoms with van der Waals surface area (Å²) in [6, 6.07) is 7.79. The van der Waals surface area contributed by atoms with Gasteiger partial charge in [-0.25, -0.2) is 0 Å². The predicted molar refractivity (Wildman–Crippen MR) is 74.2 cm³/mol. The van der Waals surface area contributed by atoms with Gasteiger partial charge in [0.15, 0.2) is 0 Å². The molecule has 1 aromatic carbocycles. The Morgan fingerprint density at radius 1 is 1.28 bits per heavy atom. The third-order valence-electron chi connectivity index (χ3n) is 3.33. The van der Waals surface area contributed by atoms with E-state index in [4.69, 9.17) is 11.6 Å². The molecule has 0 radical (unpaired) electrons. The Morgan fingerprint density at radius 2 is 2.00 bits per heavy atom. The highest BCUT2D eigenvalue weighted by molar-refractivity contribution is 6.18. The molecule has 1 heterocycles. The molecule has 0 aromatic heterocycles. The van der Waals surface area contributed by atoms with Crippen LogP contribution in [-0.4, -0.2) is 54.3 Å². The highest BCUT2D eigenvalue weighted by atomic mass is 35.5. The molecule has 4 heteroatoms. The summed E-state index contributed by atoms with van der Waals surface area (Å²) in [5.41, 5.74) is 1.92. The molecule has 0 bridgehead atoms. The molecular formula is C14H19ClN2O. The van der Waals surface area contributed by atoms with Gasteiger partial charge in [0.1, 0.15) is 0 Å². The van der Waals surface area contributed by atoms with Crippen LogP contribution >= 0.6 is 11.6 Å². The zero-order valence-corrected chi connectivity index (χ0v) is 11.5. The van der Waals surface area contributed by atoms with Gasteiger partial charge in [0.2, 0.25) is 0 Å². The van der Waals surface area contributed by atoms with Crippen molar-refractivity contribution in [2.45, 2.75) is 6.92 Å². The van der Waals surface area contributed by atoms with Gasteiger partial charge in [-0.1, -0.05) is 17.7 Å². The van der Waals surface area contributed by atoms with Gasteiger partial charge in [-0.2, -0.15) is 0 Å². The Hall–Kier alpha value is -1.06. The second-order valence-corrected chi connectivity index (χ2v) is 5.07. The largest absolute Gasteiger partial charge is 0.336 e. The van der Waals surface area contributed by atoms with Crippen LogP contribution in [-0.2, 0) is 0 Å². The average Bonchev–Trinajstić information content (AvgIpc) is 2.39. The second kappa shape index (κ2) is 6.21. The van der Waals surface area contributed by atoms with Crippen LogP contribution in [0.3, 0.4) is 0 Å².